The van der Waals surface area contributed by atoms with E-state index in [4.69, 9.17) is 10.5 Å². The molecule has 0 bridgehead atoms. The number of aromatic hydroxyl groups is 1. The number of rotatable bonds is 3. The summed E-state index contributed by atoms with van der Waals surface area (Å²) in [7, 11) is 0. The largest absolute Gasteiger partial charge is 0.506 e. The summed E-state index contributed by atoms with van der Waals surface area (Å²) in [6.07, 6.45) is 1.27. The van der Waals surface area contributed by atoms with Gasteiger partial charge in [0.1, 0.15) is 11.4 Å². The Hall–Kier alpha value is -2.44. The summed E-state index contributed by atoms with van der Waals surface area (Å²) in [6, 6.07) is 2.87. The lowest BCUT2D eigenvalue weighted by Gasteiger charge is -2.41. The van der Waals surface area contributed by atoms with Gasteiger partial charge in [-0.25, -0.2) is 4.79 Å². The minimum absolute atomic E-state index is 0.0288. The van der Waals surface area contributed by atoms with E-state index >= 15 is 0 Å². The van der Waals surface area contributed by atoms with E-state index in [-0.39, 0.29) is 35.5 Å². The van der Waals surface area contributed by atoms with Crippen molar-refractivity contribution in [3.05, 3.63) is 23.3 Å². The van der Waals surface area contributed by atoms with E-state index in [1.165, 1.54) is 12.1 Å². The SMILES string of the molecule is Cc1cc(O)c(N)cc1C(=O)N(C(C)C)[C@@H]1CCCN(C(=O)OC(C)(C)C)C1. The van der Waals surface area contributed by atoms with Crippen LogP contribution in [-0.2, 0) is 4.74 Å². The Balaban J connectivity index is 2.25. The van der Waals surface area contributed by atoms with Gasteiger partial charge in [0.05, 0.1) is 11.7 Å². The molecule has 2 amide bonds. The highest BCUT2D eigenvalue weighted by molar-refractivity contribution is 5.97. The Morgan fingerprint density at radius 1 is 1.32 bits per heavy atom. The fourth-order valence-corrected chi connectivity index (χ4v) is 3.57. The maximum absolute atomic E-state index is 13.3. The van der Waals surface area contributed by atoms with Gasteiger partial charge < -0.3 is 25.4 Å². The molecule has 0 unspecified atom stereocenters. The monoisotopic (exact) mass is 391 g/mol. The van der Waals surface area contributed by atoms with E-state index < -0.39 is 5.60 Å². The maximum atomic E-state index is 13.3. The molecule has 1 fully saturated rings. The van der Waals surface area contributed by atoms with Crippen LogP contribution in [0.3, 0.4) is 0 Å². The van der Waals surface area contributed by atoms with Crippen molar-refractivity contribution in [3.8, 4) is 5.75 Å². The normalized spacial score (nSPS) is 17.5. The first kappa shape index (κ1) is 21.9. The Kier molecular flexibility index (Phi) is 6.47. The Morgan fingerprint density at radius 2 is 1.96 bits per heavy atom. The molecule has 0 aromatic heterocycles. The van der Waals surface area contributed by atoms with Crippen molar-refractivity contribution in [2.75, 3.05) is 18.8 Å². The first-order valence-electron chi connectivity index (χ1n) is 9.80. The lowest BCUT2D eigenvalue weighted by Crippen LogP contribution is -2.54. The molecule has 1 saturated heterocycles. The molecule has 28 heavy (non-hydrogen) atoms. The van der Waals surface area contributed by atoms with E-state index in [1.807, 2.05) is 39.5 Å². The number of hydrogen-bond acceptors (Lipinski definition) is 5. The number of aryl methyl sites for hydroxylation is 1. The van der Waals surface area contributed by atoms with Crippen LogP contribution < -0.4 is 5.73 Å². The van der Waals surface area contributed by atoms with Crippen molar-refractivity contribution >= 4 is 17.7 Å². The van der Waals surface area contributed by atoms with Crippen molar-refractivity contribution in [2.24, 2.45) is 0 Å². The van der Waals surface area contributed by atoms with E-state index in [0.717, 1.165) is 12.8 Å². The number of hydrogen-bond donors (Lipinski definition) is 2. The van der Waals surface area contributed by atoms with Crippen LogP contribution in [0.4, 0.5) is 10.5 Å². The van der Waals surface area contributed by atoms with E-state index in [2.05, 4.69) is 0 Å². The van der Waals surface area contributed by atoms with Gasteiger partial charge in [-0.15, -0.1) is 0 Å². The van der Waals surface area contributed by atoms with Crippen LogP contribution >= 0.6 is 0 Å². The van der Waals surface area contributed by atoms with Gasteiger partial charge in [-0.2, -0.15) is 0 Å². The van der Waals surface area contributed by atoms with Crippen molar-refractivity contribution in [2.45, 2.75) is 72.1 Å². The van der Waals surface area contributed by atoms with Gasteiger partial charge >= 0.3 is 6.09 Å². The number of phenolic OH excluding ortho intramolecular Hbond substituents is 1. The van der Waals surface area contributed by atoms with Crippen LogP contribution in [0.1, 0.15) is 63.4 Å². The van der Waals surface area contributed by atoms with E-state index in [9.17, 15) is 14.7 Å². The third-order valence-corrected chi connectivity index (χ3v) is 4.84. The number of ether oxygens (including phenoxy) is 1. The number of amides is 2. The zero-order valence-corrected chi connectivity index (χ0v) is 17.8. The number of nitrogens with two attached hydrogens (primary N) is 1. The molecule has 156 valence electrons. The van der Waals surface area contributed by atoms with Crippen LogP contribution in [0.25, 0.3) is 0 Å². The molecule has 2 rings (SSSR count). The highest BCUT2D eigenvalue weighted by atomic mass is 16.6. The van der Waals surface area contributed by atoms with Gasteiger partial charge in [-0.1, -0.05) is 0 Å². The fraction of sp³-hybridized carbons (Fsp3) is 0.619. The first-order valence-corrected chi connectivity index (χ1v) is 9.80. The van der Waals surface area contributed by atoms with Gasteiger partial charge in [-0.05, 0) is 72.1 Å². The standard InChI is InChI=1S/C21H33N3O4/c1-13(2)24(19(26)16-11-17(22)18(25)10-14(16)3)15-8-7-9-23(12-15)20(27)28-21(4,5)6/h10-11,13,15,25H,7-9,12,22H2,1-6H3/t15-/m1/s1. The van der Waals surface area contributed by atoms with Gasteiger partial charge in [-0.3, -0.25) is 4.79 Å². The maximum Gasteiger partial charge on any atom is 0.410 e. The number of nitrogens with zero attached hydrogens (tertiary/aromatic N) is 2. The molecule has 0 saturated carbocycles. The lowest BCUT2D eigenvalue weighted by molar-refractivity contribution is 0.00750. The molecule has 7 heteroatoms. The number of nitrogen functional groups attached to an aromatic ring is 1. The molecule has 1 aliphatic rings. The van der Waals surface area contributed by atoms with Crippen LogP contribution in [-0.4, -0.2) is 57.7 Å². The predicted molar refractivity (Wildman–Crippen MR) is 109 cm³/mol. The first-order chi connectivity index (χ1) is 12.9. The number of piperidine rings is 1. The third-order valence-electron chi connectivity index (χ3n) is 4.84. The summed E-state index contributed by atoms with van der Waals surface area (Å²) < 4.78 is 5.50. The van der Waals surface area contributed by atoms with Crippen LogP contribution in [0.15, 0.2) is 12.1 Å². The molecule has 3 N–H and O–H groups in total. The third kappa shape index (κ3) is 5.09. The van der Waals surface area contributed by atoms with Gasteiger partial charge in [0, 0.05) is 24.7 Å². The lowest BCUT2D eigenvalue weighted by atomic mass is 9.99. The Morgan fingerprint density at radius 3 is 2.54 bits per heavy atom. The summed E-state index contributed by atoms with van der Waals surface area (Å²) in [5.74, 6) is -0.172. The minimum atomic E-state index is -0.557. The van der Waals surface area contributed by atoms with Crippen LogP contribution in [0, 0.1) is 6.92 Å². The summed E-state index contributed by atoms with van der Waals surface area (Å²) in [5, 5.41) is 9.78. The highest BCUT2D eigenvalue weighted by Gasteiger charge is 2.34. The summed E-state index contributed by atoms with van der Waals surface area (Å²) >= 11 is 0. The fourth-order valence-electron chi connectivity index (χ4n) is 3.57. The summed E-state index contributed by atoms with van der Waals surface area (Å²) in [4.78, 5) is 29.3. The van der Waals surface area contributed by atoms with E-state index in [0.29, 0.717) is 24.2 Å². The number of anilines is 1. The molecule has 1 heterocycles. The zero-order chi connectivity index (χ0) is 21.2. The zero-order valence-electron chi connectivity index (χ0n) is 17.8. The average molecular weight is 392 g/mol. The predicted octanol–water partition coefficient (Wildman–Crippen LogP) is 3.53. The molecule has 1 aromatic rings. The van der Waals surface area contributed by atoms with Crippen molar-refractivity contribution < 1.29 is 19.4 Å². The van der Waals surface area contributed by atoms with Crippen molar-refractivity contribution in [1.29, 1.82) is 0 Å². The second kappa shape index (κ2) is 8.29. The molecule has 1 atom stereocenters. The molecule has 1 aromatic carbocycles. The second-order valence-electron chi connectivity index (χ2n) is 8.75. The van der Waals surface area contributed by atoms with Crippen molar-refractivity contribution in [1.82, 2.24) is 9.80 Å². The van der Waals surface area contributed by atoms with Gasteiger partial charge in [0.25, 0.3) is 5.91 Å². The quantitative estimate of drug-likeness (QED) is 0.607. The summed E-state index contributed by atoms with van der Waals surface area (Å²) in [6.45, 7) is 12.3. The second-order valence-corrected chi connectivity index (χ2v) is 8.75. The average Bonchev–Trinajstić information content (AvgIpc) is 2.56. The highest BCUT2D eigenvalue weighted by Crippen LogP contribution is 2.28. The molecule has 0 aliphatic carbocycles. The number of carbonyl (C=O) groups is 2. The topological polar surface area (TPSA) is 96.1 Å². The molecule has 1 aliphatic heterocycles. The summed E-state index contributed by atoms with van der Waals surface area (Å²) in [5.41, 5.74) is 6.57. The molecule has 0 spiro atoms. The molecule has 7 nitrogen and oxygen atoms in total. The number of phenols is 1. The number of likely N-dealkylation sites (tertiary alicyclic amines) is 1. The van der Waals surface area contributed by atoms with Crippen molar-refractivity contribution in [3.63, 3.8) is 0 Å². The number of carbonyl (C=O) groups excluding carboxylic acids is 2. The van der Waals surface area contributed by atoms with E-state index in [1.54, 1.807) is 11.8 Å². The van der Waals surface area contributed by atoms with Crippen LogP contribution in [0.5, 0.6) is 5.75 Å². The smallest absolute Gasteiger partial charge is 0.410 e. The number of benzene rings is 1. The Labute approximate surface area is 167 Å². The van der Waals surface area contributed by atoms with Gasteiger partial charge in [0.2, 0.25) is 0 Å². The Bertz CT molecular complexity index is 740. The van der Waals surface area contributed by atoms with Crippen LogP contribution in [0.2, 0.25) is 0 Å². The molecular weight excluding hydrogens is 358 g/mol. The molecular formula is C21H33N3O4. The minimum Gasteiger partial charge on any atom is -0.506 e. The molecule has 0 radical (unpaired) electrons. The van der Waals surface area contributed by atoms with Gasteiger partial charge in [0.15, 0.2) is 0 Å².